The zero-order valence-corrected chi connectivity index (χ0v) is 22.2. The van der Waals surface area contributed by atoms with Gasteiger partial charge in [-0.2, -0.15) is 0 Å². The van der Waals surface area contributed by atoms with Gasteiger partial charge in [-0.15, -0.1) is 0 Å². The molecule has 1 aliphatic carbocycles. The summed E-state index contributed by atoms with van der Waals surface area (Å²) in [6.45, 7) is 1.70. The van der Waals surface area contributed by atoms with Crippen LogP contribution in [0.25, 0.3) is 0 Å². The average Bonchev–Trinajstić information content (AvgIpc) is 2.84. The molecule has 4 rings (SSSR count). The van der Waals surface area contributed by atoms with Gasteiger partial charge in [0.2, 0.25) is 5.91 Å². The van der Waals surface area contributed by atoms with E-state index in [1.165, 1.54) is 0 Å². The lowest BCUT2D eigenvalue weighted by Gasteiger charge is -2.40. The molecule has 0 aromatic heterocycles. The summed E-state index contributed by atoms with van der Waals surface area (Å²) in [6, 6.07) is 6.54. The van der Waals surface area contributed by atoms with Crippen LogP contribution in [0.1, 0.15) is 38.5 Å². The highest BCUT2D eigenvalue weighted by Crippen LogP contribution is 2.32. The van der Waals surface area contributed by atoms with Crippen LogP contribution in [0.3, 0.4) is 0 Å². The summed E-state index contributed by atoms with van der Waals surface area (Å²) in [5, 5.41) is 0.387. The van der Waals surface area contributed by atoms with Crippen molar-refractivity contribution in [2.24, 2.45) is 5.92 Å². The quantitative estimate of drug-likeness (QED) is 0.435. The molecule has 0 spiro atoms. The summed E-state index contributed by atoms with van der Waals surface area (Å²) in [7, 11) is -4.56. The molecule has 2 aromatic rings. The van der Waals surface area contributed by atoms with E-state index in [1.54, 1.807) is 18.2 Å². The van der Waals surface area contributed by atoms with E-state index in [4.69, 9.17) is 39.5 Å². The smallest absolute Gasteiger partial charge is 0.267 e. The summed E-state index contributed by atoms with van der Waals surface area (Å²) >= 11 is 17.5. The van der Waals surface area contributed by atoms with Crippen molar-refractivity contribution in [3.63, 3.8) is 0 Å². The molecular weight excluding hydrogens is 557 g/mol. The Hall–Kier alpha value is -1.65. The summed E-state index contributed by atoms with van der Waals surface area (Å²) < 4.78 is 60.6. The minimum atomic E-state index is -4.56. The number of likely N-dealkylation sites (tertiary alicyclic amines) is 1. The van der Waals surface area contributed by atoms with Gasteiger partial charge in [0.15, 0.2) is 0 Å². The third-order valence-corrected chi connectivity index (χ3v) is 9.14. The molecule has 196 valence electrons. The number of carbonyl (C=O) groups is 1. The Balaban J connectivity index is 1.25. The number of benzene rings is 2. The number of sulfonamides is 1. The highest BCUT2D eigenvalue weighted by Gasteiger charge is 2.34. The number of piperidine rings is 1. The second-order valence-electron chi connectivity index (χ2n) is 9.10. The number of nitrogens with one attached hydrogen (secondary N) is 1. The fraction of sp³-hybridized carbons (Fsp3) is 0.458. The standard InChI is InChI=1S/C24H25Cl3F2N2O4S/c25-18-6-5-17(11-19(18)26)35-16-7-9-31(10-8-16)15-3-1-14(2-4-15)24(32)30-36(33,34)23-13-21(28)20(27)12-22(23)29/h5-6,11-16H,1-4,7-10H2,(H,30,32). The van der Waals surface area contributed by atoms with Crippen molar-refractivity contribution in [1.29, 1.82) is 0 Å². The minimum absolute atomic E-state index is 0.0731. The molecule has 2 aliphatic rings. The SMILES string of the molecule is O=C(NS(=O)(=O)c1cc(F)c(Cl)cc1F)C1CCC(N2CCC(Oc3ccc(Cl)c(Cl)c3)CC2)CC1. The summed E-state index contributed by atoms with van der Waals surface area (Å²) in [4.78, 5) is 14.0. The van der Waals surface area contributed by atoms with E-state index in [-0.39, 0.29) is 6.10 Å². The Bertz CT molecular complexity index is 1230. The predicted molar refractivity (Wildman–Crippen MR) is 134 cm³/mol. The molecule has 0 unspecified atom stereocenters. The van der Waals surface area contributed by atoms with Crippen molar-refractivity contribution in [3.8, 4) is 5.75 Å². The van der Waals surface area contributed by atoms with Crippen LogP contribution in [0.2, 0.25) is 15.1 Å². The third-order valence-electron chi connectivity index (χ3n) is 6.75. The topological polar surface area (TPSA) is 75.7 Å². The Morgan fingerprint density at radius 2 is 1.56 bits per heavy atom. The molecule has 12 heteroatoms. The first-order valence-corrected chi connectivity index (χ1v) is 14.2. The zero-order valence-electron chi connectivity index (χ0n) is 19.2. The van der Waals surface area contributed by atoms with Crippen LogP contribution >= 0.6 is 34.8 Å². The monoisotopic (exact) mass is 580 g/mol. The third kappa shape index (κ3) is 6.42. The van der Waals surface area contributed by atoms with Gasteiger partial charge in [0, 0.05) is 31.1 Å². The van der Waals surface area contributed by atoms with Crippen molar-refractivity contribution in [2.45, 2.75) is 55.6 Å². The maximum Gasteiger partial charge on any atom is 0.267 e. The van der Waals surface area contributed by atoms with E-state index in [9.17, 15) is 22.0 Å². The van der Waals surface area contributed by atoms with Crippen molar-refractivity contribution < 1.29 is 26.7 Å². The second-order valence-corrected chi connectivity index (χ2v) is 12.0. The Labute approximate surface area is 223 Å². The van der Waals surface area contributed by atoms with Gasteiger partial charge in [-0.25, -0.2) is 21.9 Å². The number of ether oxygens (including phenoxy) is 1. The minimum Gasteiger partial charge on any atom is -0.490 e. The highest BCUT2D eigenvalue weighted by molar-refractivity contribution is 7.90. The highest BCUT2D eigenvalue weighted by atomic mass is 35.5. The molecule has 2 fully saturated rings. The van der Waals surface area contributed by atoms with Crippen molar-refractivity contribution in [1.82, 2.24) is 9.62 Å². The first-order valence-electron chi connectivity index (χ1n) is 11.6. The number of nitrogens with zero attached hydrogens (tertiary/aromatic N) is 1. The maximum absolute atomic E-state index is 14.1. The summed E-state index contributed by atoms with van der Waals surface area (Å²) in [5.41, 5.74) is 0. The molecule has 1 N–H and O–H groups in total. The Kier molecular flexibility index (Phi) is 8.67. The fourth-order valence-corrected chi connectivity index (χ4v) is 6.34. The van der Waals surface area contributed by atoms with E-state index < -0.39 is 43.4 Å². The number of hydrogen-bond donors (Lipinski definition) is 1. The lowest BCUT2D eigenvalue weighted by atomic mass is 9.84. The molecule has 1 saturated heterocycles. The first kappa shape index (κ1) is 27.4. The van der Waals surface area contributed by atoms with E-state index in [0.29, 0.717) is 46.8 Å². The number of rotatable bonds is 6. The van der Waals surface area contributed by atoms with Gasteiger partial charge in [0.1, 0.15) is 28.4 Å². The molecule has 36 heavy (non-hydrogen) atoms. The normalized spacial score (nSPS) is 21.8. The lowest BCUT2D eigenvalue weighted by Crippen LogP contribution is -2.46. The Morgan fingerprint density at radius 3 is 2.19 bits per heavy atom. The summed E-state index contributed by atoms with van der Waals surface area (Å²) in [5.74, 6) is -2.86. The van der Waals surface area contributed by atoms with Crippen LogP contribution in [-0.4, -0.2) is 44.5 Å². The maximum atomic E-state index is 14.1. The molecule has 2 aromatic carbocycles. The van der Waals surface area contributed by atoms with Crippen LogP contribution in [0.15, 0.2) is 35.2 Å². The zero-order chi connectivity index (χ0) is 26.0. The van der Waals surface area contributed by atoms with Crippen molar-refractivity contribution >= 4 is 50.7 Å². The second kappa shape index (κ2) is 11.4. The van der Waals surface area contributed by atoms with E-state index in [0.717, 1.165) is 38.8 Å². The molecule has 0 atom stereocenters. The number of amides is 1. The lowest BCUT2D eigenvalue weighted by molar-refractivity contribution is -0.124. The molecule has 6 nitrogen and oxygen atoms in total. The van der Waals surface area contributed by atoms with Crippen LogP contribution in [-0.2, 0) is 14.8 Å². The van der Waals surface area contributed by atoms with Gasteiger partial charge in [-0.05, 0) is 62.8 Å². The van der Waals surface area contributed by atoms with Crippen molar-refractivity contribution in [2.75, 3.05) is 13.1 Å². The van der Waals surface area contributed by atoms with Gasteiger partial charge in [-0.1, -0.05) is 34.8 Å². The molecule has 0 bridgehead atoms. The Morgan fingerprint density at radius 1 is 0.889 bits per heavy atom. The van der Waals surface area contributed by atoms with Crippen LogP contribution in [0, 0.1) is 17.6 Å². The molecule has 1 saturated carbocycles. The van der Waals surface area contributed by atoms with Gasteiger partial charge < -0.3 is 9.64 Å². The molecular formula is C24H25Cl3F2N2O4S. The number of carbonyl (C=O) groups excluding carboxylic acids is 1. The van der Waals surface area contributed by atoms with Crippen LogP contribution < -0.4 is 9.46 Å². The van der Waals surface area contributed by atoms with E-state index >= 15 is 0 Å². The van der Waals surface area contributed by atoms with E-state index in [1.807, 2.05) is 4.72 Å². The predicted octanol–water partition coefficient (Wildman–Crippen LogP) is 5.83. The summed E-state index contributed by atoms with van der Waals surface area (Å²) in [6.07, 6.45) is 4.25. The van der Waals surface area contributed by atoms with Gasteiger partial charge in [-0.3, -0.25) is 4.79 Å². The fourth-order valence-electron chi connectivity index (χ4n) is 4.79. The van der Waals surface area contributed by atoms with Gasteiger partial charge in [0.25, 0.3) is 10.0 Å². The molecule has 1 heterocycles. The number of hydrogen-bond acceptors (Lipinski definition) is 5. The van der Waals surface area contributed by atoms with Crippen LogP contribution in [0.5, 0.6) is 5.75 Å². The van der Waals surface area contributed by atoms with Crippen molar-refractivity contribution in [3.05, 3.63) is 57.0 Å². The van der Waals surface area contributed by atoms with Gasteiger partial charge >= 0.3 is 0 Å². The van der Waals surface area contributed by atoms with Gasteiger partial charge in [0.05, 0.1) is 15.1 Å². The molecule has 1 amide bonds. The largest absolute Gasteiger partial charge is 0.490 e. The average molecular weight is 582 g/mol. The number of halogens is 5. The van der Waals surface area contributed by atoms with E-state index in [2.05, 4.69) is 4.90 Å². The first-order chi connectivity index (χ1) is 17.0. The molecule has 0 radical (unpaired) electrons. The van der Waals surface area contributed by atoms with Crippen LogP contribution in [0.4, 0.5) is 8.78 Å². The molecule has 1 aliphatic heterocycles.